The van der Waals surface area contributed by atoms with Gasteiger partial charge in [0.2, 0.25) is 5.91 Å². The number of amides is 1. The summed E-state index contributed by atoms with van der Waals surface area (Å²) in [5, 5.41) is 30.4. The Kier molecular flexibility index (Phi) is 11.7. The first-order chi connectivity index (χ1) is 21.9. The largest absolute Gasteiger partial charge is 0.481 e. The molecule has 3 N–H and O–H groups in total. The fourth-order valence-corrected chi connectivity index (χ4v) is 6.93. The SMILES string of the molecule is Cc1nnc(SC[C@H]2C[C@@H](c3ccc(CO)cc3)O[C@@H](c3ccc(-c4cccc(CNC(=O)CCCCC(=O)O)c4)cc3)O2)s1. The van der Waals surface area contributed by atoms with Gasteiger partial charge in [-0.2, -0.15) is 0 Å². The number of aromatic nitrogens is 2. The predicted octanol–water partition coefficient (Wildman–Crippen LogP) is 6.60. The van der Waals surface area contributed by atoms with E-state index in [-0.39, 0.29) is 31.1 Å². The number of hydrogen-bond acceptors (Lipinski definition) is 9. The van der Waals surface area contributed by atoms with Crippen molar-refractivity contribution in [2.24, 2.45) is 0 Å². The normalized spacial score (nSPS) is 18.0. The lowest BCUT2D eigenvalue weighted by molar-refractivity contribution is -0.245. The van der Waals surface area contributed by atoms with Crippen molar-refractivity contribution in [1.82, 2.24) is 15.5 Å². The van der Waals surface area contributed by atoms with Crippen LogP contribution in [0.1, 0.15) is 71.8 Å². The van der Waals surface area contributed by atoms with Crippen molar-refractivity contribution in [3.05, 3.63) is 100 Å². The molecule has 4 aromatic rings. The van der Waals surface area contributed by atoms with Gasteiger partial charge in [-0.15, -0.1) is 10.2 Å². The second kappa shape index (κ2) is 16.1. The van der Waals surface area contributed by atoms with E-state index in [0.29, 0.717) is 32.2 Å². The minimum absolute atomic E-state index is 0.00184. The number of aliphatic hydroxyl groups is 1. The lowest BCUT2D eigenvalue weighted by atomic mass is 9.99. The van der Waals surface area contributed by atoms with Crippen LogP contribution in [0.5, 0.6) is 0 Å². The van der Waals surface area contributed by atoms with Crippen LogP contribution in [0, 0.1) is 6.92 Å². The molecule has 0 spiro atoms. The van der Waals surface area contributed by atoms with Gasteiger partial charge in [-0.25, -0.2) is 0 Å². The van der Waals surface area contributed by atoms with E-state index in [4.69, 9.17) is 14.6 Å². The molecule has 0 radical (unpaired) electrons. The molecule has 9 nitrogen and oxygen atoms in total. The number of nitrogens with one attached hydrogen (secondary N) is 1. The highest BCUT2D eigenvalue weighted by atomic mass is 32.2. The first kappa shape index (κ1) is 32.8. The maximum atomic E-state index is 12.2. The lowest BCUT2D eigenvalue weighted by Gasteiger charge is -2.36. The molecule has 1 fully saturated rings. The second-order valence-corrected chi connectivity index (χ2v) is 13.4. The molecule has 1 aliphatic rings. The number of rotatable bonds is 14. The molecule has 5 rings (SSSR count). The van der Waals surface area contributed by atoms with Gasteiger partial charge in [-0.05, 0) is 53.6 Å². The van der Waals surface area contributed by atoms with Crippen molar-refractivity contribution < 1.29 is 29.3 Å². The Morgan fingerprint density at radius 1 is 0.933 bits per heavy atom. The van der Waals surface area contributed by atoms with Crippen LogP contribution >= 0.6 is 23.1 Å². The van der Waals surface area contributed by atoms with E-state index < -0.39 is 12.3 Å². The number of unbranched alkanes of at least 4 members (excludes halogenated alkanes) is 1. The quantitative estimate of drug-likeness (QED) is 0.102. The molecule has 1 saturated heterocycles. The number of carboxylic acids is 1. The Hall–Kier alpha value is -3.61. The molecule has 3 atom stereocenters. The molecular weight excluding hydrogens is 611 g/mol. The number of thioether (sulfide) groups is 1. The van der Waals surface area contributed by atoms with Crippen LogP contribution in [0.15, 0.2) is 77.1 Å². The van der Waals surface area contributed by atoms with E-state index in [2.05, 4.69) is 33.7 Å². The van der Waals surface area contributed by atoms with E-state index in [9.17, 15) is 14.7 Å². The Morgan fingerprint density at radius 2 is 1.69 bits per heavy atom. The van der Waals surface area contributed by atoms with Crippen LogP contribution in [0.25, 0.3) is 11.1 Å². The average Bonchev–Trinajstić information content (AvgIpc) is 3.49. The van der Waals surface area contributed by atoms with Gasteiger partial charge < -0.3 is 25.0 Å². The van der Waals surface area contributed by atoms with Gasteiger partial charge in [0.05, 0.1) is 18.8 Å². The van der Waals surface area contributed by atoms with Crippen molar-refractivity contribution in [2.45, 2.75) is 75.0 Å². The summed E-state index contributed by atoms with van der Waals surface area (Å²) in [6.07, 6.45) is 1.36. The molecule has 0 unspecified atom stereocenters. The number of benzene rings is 3. The summed E-state index contributed by atoms with van der Waals surface area (Å²) in [5.41, 5.74) is 5.87. The van der Waals surface area contributed by atoms with Gasteiger partial charge in [0, 0.05) is 37.1 Å². The van der Waals surface area contributed by atoms with E-state index >= 15 is 0 Å². The van der Waals surface area contributed by atoms with E-state index in [0.717, 1.165) is 48.5 Å². The van der Waals surface area contributed by atoms with E-state index in [1.807, 2.05) is 61.5 Å². The number of nitrogens with zero attached hydrogens (tertiary/aromatic N) is 2. The van der Waals surface area contributed by atoms with Gasteiger partial charge in [-0.1, -0.05) is 89.8 Å². The summed E-state index contributed by atoms with van der Waals surface area (Å²) in [5.74, 6) is -0.198. The first-order valence-electron chi connectivity index (χ1n) is 15.0. The first-order valence-corrected chi connectivity index (χ1v) is 16.8. The zero-order valence-corrected chi connectivity index (χ0v) is 26.7. The highest BCUT2D eigenvalue weighted by molar-refractivity contribution is 8.01. The predicted molar refractivity (Wildman–Crippen MR) is 174 cm³/mol. The van der Waals surface area contributed by atoms with Gasteiger partial charge in [0.25, 0.3) is 0 Å². The van der Waals surface area contributed by atoms with Crippen molar-refractivity contribution in [2.75, 3.05) is 5.75 Å². The fourth-order valence-electron chi connectivity index (χ4n) is 5.07. The Bertz CT molecular complexity index is 1560. The smallest absolute Gasteiger partial charge is 0.303 e. The highest BCUT2D eigenvalue weighted by Gasteiger charge is 2.32. The number of carbonyl (C=O) groups is 2. The molecule has 1 amide bonds. The van der Waals surface area contributed by atoms with Gasteiger partial charge >= 0.3 is 5.97 Å². The van der Waals surface area contributed by atoms with Crippen molar-refractivity contribution in [3.63, 3.8) is 0 Å². The fraction of sp³-hybridized carbons (Fsp3) is 0.353. The molecule has 1 aromatic heterocycles. The highest BCUT2D eigenvalue weighted by Crippen LogP contribution is 2.40. The van der Waals surface area contributed by atoms with Crippen LogP contribution in [0.2, 0.25) is 0 Å². The van der Waals surface area contributed by atoms with Crippen LogP contribution in [-0.4, -0.2) is 44.1 Å². The monoisotopic (exact) mass is 647 g/mol. The maximum Gasteiger partial charge on any atom is 0.303 e. The van der Waals surface area contributed by atoms with Crippen molar-refractivity contribution in [3.8, 4) is 11.1 Å². The number of aliphatic hydroxyl groups excluding tert-OH is 1. The van der Waals surface area contributed by atoms with Crippen molar-refractivity contribution in [1.29, 1.82) is 0 Å². The van der Waals surface area contributed by atoms with Crippen LogP contribution < -0.4 is 5.32 Å². The van der Waals surface area contributed by atoms with Crippen molar-refractivity contribution >= 4 is 35.0 Å². The topological polar surface area (TPSA) is 131 Å². The van der Waals surface area contributed by atoms with Crippen LogP contribution in [0.4, 0.5) is 0 Å². The second-order valence-electron chi connectivity index (χ2n) is 10.9. The molecule has 0 saturated carbocycles. The molecule has 1 aliphatic heterocycles. The molecular formula is C34H37N3O6S2. The van der Waals surface area contributed by atoms with Gasteiger partial charge in [0.15, 0.2) is 10.6 Å². The number of aryl methyl sites for hydroxylation is 1. The Labute approximate surface area is 271 Å². The Morgan fingerprint density at radius 3 is 2.40 bits per heavy atom. The number of hydrogen-bond donors (Lipinski definition) is 3. The maximum absolute atomic E-state index is 12.2. The molecule has 3 aromatic carbocycles. The zero-order chi connectivity index (χ0) is 31.6. The standard InChI is InChI=1S/C34H37N3O6S2/c1-22-36-37-34(45-22)44-21-29-18-30(26-11-9-23(20-38)10-12-26)43-33(42-29)27-15-13-25(14-16-27)28-6-4-5-24(17-28)19-35-31(39)7-2-3-8-32(40)41/h4-6,9-17,29-30,33,38H,2-3,7-8,18-21H2,1H3,(H,35,39)(H,40,41)/t29-,30+,33+/m1/s1. The van der Waals surface area contributed by atoms with E-state index in [1.165, 1.54) is 0 Å². The third kappa shape index (κ3) is 9.69. The molecule has 2 heterocycles. The third-order valence-corrected chi connectivity index (χ3v) is 9.60. The molecule has 45 heavy (non-hydrogen) atoms. The van der Waals surface area contributed by atoms with Gasteiger partial charge in [-0.3, -0.25) is 9.59 Å². The molecule has 0 aliphatic carbocycles. The number of aliphatic carboxylic acids is 1. The minimum Gasteiger partial charge on any atom is -0.481 e. The van der Waals surface area contributed by atoms with Crippen LogP contribution in [0.3, 0.4) is 0 Å². The van der Waals surface area contributed by atoms with E-state index in [1.54, 1.807) is 23.1 Å². The Balaban J connectivity index is 1.24. The third-order valence-electron chi connectivity index (χ3n) is 7.49. The minimum atomic E-state index is -0.840. The number of carbonyl (C=O) groups excluding carboxylic acids is 1. The summed E-state index contributed by atoms with van der Waals surface area (Å²) in [4.78, 5) is 22.8. The summed E-state index contributed by atoms with van der Waals surface area (Å²) in [6, 6.07) is 24.1. The average molecular weight is 648 g/mol. The molecule has 0 bridgehead atoms. The summed E-state index contributed by atoms with van der Waals surface area (Å²) in [6.45, 7) is 2.35. The number of carboxylic acid groups (broad SMARTS) is 1. The number of ether oxygens (including phenoxy) is 2. The van der Waals surface area contributed by atoms with Crippen LogP contribution in [-0.2, 0) is 32.2 Å². The lowest BCUT2D eigenvalue weighted by Crippen LogP contribution is -2.31. The summed E-state index contributed by atoms with van der Waals surface area (Å²) in [7, 11) is 0. The summed E-state index contributed by atoms with van der Waals surface area (Å²) < 4.78 is 13.9. The molecule has 236 valence electrons. The summed E-state index contributed by atoms with van der Waals surface area (Å²) >= 11 is 3.22. The van der Waals surface area contributed by atoms with Gasteiger partial charge in [0.1, 0.15) is 5.01 Å². The molecule has 11 heteroatoms. The zero-order valence-electron chi connectivity index (χ0n) is 25.1.